The van der Waals surface area contributed by atoms with Crippen molar-refractivity contribution in [2.45, 2.75) is 6.92 Å². The van der Waals surface area contributed by atoms with Gasteiger partial charge in [0.05, 0.1) is 11.8 Å². The maximum Gasteiger partial charge on any atom is 0.165 e. The zero-order chi connectivity index (χ0) is 18.7. The molecular weight excluding hydrogens is 396 g/mol. The number of anilines is 1. The highest BCUT2D eigenvalue weighted by molar-refractivity contribution is 9.10. The minimum atomic E-state index is 0.120. The number of phenols is 2. The van der Waals surface area contributed by atoms with Crippen molar-refractivity contribution >= 4 is 28.0 Å². The molecule has 0 saturated heterocycles. The van der Waals surface area contributed by atoms with Crippen LogP contribution in [0.15, 0.2) is 58.1 Å². The Balaban J connectivity index is 1.93. The first kappa shape index (κ1) is 17.9. The molecule has 0 aliphatic heterocycles. The molecule has 3 aromatic rings. The lowest BCUT2D eigenvalue weighted by Gasteiger charge is -2.14. The van der Waals surface area contributed by atoms with Gasteiger partial charge in [0, 0.05) is 28.8 Å². The Bertz CT molecular complexity index is 976. The number of aryl methyl sites for hydroxylation is 1. The number of halogens is 1. The minimum Gasteiger partial charge on any atom is -0.507 e. The molecule has 1 heterocycles. The van der Waals surface area contributed by atoms with Crippen LogP contribution in [0.25, 0.3) is 11.4 Å². The Kier molecular flexibility index (Phi) is 5.18. The Labute approximate surface area is 159 Å². The lowest BCUT2D eigenvalue weighted by atomic mass is 10.2. The highest BCUT2D eigenvalue weighted by atomic mass is 79.9. The van der Waals surface area contributed by atoms with Crippen LogP contribution in [-0.2, 0) is 0 Å². The second kappa shape index (κ2) is 7.53. The lowest BCUT2D eigenvalue weighted by molar-refractivity contribution is 0.474. The minimum absolute atomic E-state index is 0.120. The Morgan fingerprint density at radius 3 is 2.58 bits per heavy atom. The van der Waals surface area contributed by atoms with Gasteiger partial charge in [0.1, 0.15) is 11.5 Å². The summed E-state index contributed by atoms with van der Waals surface area (Å²) >= 11 is 3.37. The van der Waals surface area contributed by atoms with Crippen molar-refractivity contribution < 1.29 is 10.2 Å². The van der Waals surface area contributed by atoms with Crippen LogP contribution in [0.3, 0.4) is 0 Å². The van der Waals surface area contributed by atoms with E-state index in [1.54, 1.807) is 60.7 Å². The summed E-state index contributed by atoms with van der Waals surface area (Å²) in [7, 11) is 1.75. The summed E-state index contributed by atoms with van der Waals surface area (Å²) in [5.74, 6) is 1.25. The van der Waals surface area contributed by atoms with E-state index in [1.807, 2.05) is 13.0 Å². The summed E-state index contributed by atoms with van der Waals surface area (Å²) in [6.45, 7) is 1.85. The molecule has 0 amide bonds. The van der Waals surface area contributed by atoms with E-state index in [0.717, 1.165) is 10.2 Å². The van der Waals surface area contributed by atoms with Crippen LogP contribution in [0, 0.1) is 6.92 Å². The van der Waals surface area contributed by atoms with E-state index >= 15 is 0 Å². The molecule has 7 heteroatoms. The number of hydrogen-bond donors (Lipinski definition) is 2. The molecule has 3 rings (SSSR count). The standard InChI is InChI=1S/C19H17BrN4O2/c1-12-9-18(23-19(22-12)15-5-3-4-6-17(15)26)24(2)21-11-13-10-14(20)7-8-16(13)25/h3-11,25-26H,1-2H3/b21-11+. The van der Waals surface area contributed by atoms with Crippen LogP contribution in [0.4, 0.5) is 5.82 Å². The zero-order valence-corrected chi connectivity index (χ0v) is 15.8. The van der Waals surface area contributed by atoms with Gasteiger partial charge in [0.25, 0.3) is 0 Å². The molecule has 0 aliphatic rings. The molecule has 0 fully saturated rings. The average molecular weight is 413 g/mol. The first-order valence-corrected chi connectivity index (χ1v) is 8.63. The fourth-order valence-electron chi connectivity index (χ4n) is 2.34. The van der Waals surface area contributed by atoms with Crippen LogP contribution in [-0.4, -0.2) is 33.4 Å². The van der Waals surface area contributed by atoms with Crippen molar-refractivity contribution in [3.8, 4) is 22.9 Å². The largest absolute Gasteiger partial charge is 0.507 e. The van der Waals surface area contributed by atoms with E-state index < -0.39 is 0 Å². The molecule has 132 valence electrons. The van der Waals surface area contributed by atoms with Gasteiger partial charge in [-0.25, -0.2) is 9.97 Å². The van der Waals surface area contributed by atoms with Crippen molar-refractivity contribution in [1.29, 1.82) is 0 Å². The van der Waals surface area contributed by atoms with Crippen LogP contribution >= 0.6 is 15.9 Å². The van der Waals surface area contributed by atoms with Crippen LogP contribution in [0.2, 0.25) is 0 Å². The Morgan fingerprint density at radius 1 is 1.04 bits per heavy atom. The zero-order valence-electron chi connectivity index (χ0n) is 14.3. The smallest absolute Gasteiger partial charge is 0.165 e. The summed E-state index contributed by atoms with van der Waals surface area (Å²) in [5.41, 5.74) is 1.89. The Hall–Kier alpha value is -2.93. The number of nitrogens with zero attached hydrogens (tertiary/aromatic N) is 4. The fraction of sp³-hybridized carbons (Fsp3) is 0.105. The van der Waals surface area contributed by atoms with Gasteiger partial charge in [-0.1, -0.05) is 28.1 Å². The van der Waals surface area contributed by atoms with E-state index in [0.29, 0.717) is 22.8 Å². The third-order valence-corrected chi connectivity index (χ3v) is 4.17. The molecule has 0 aliphatic carbocycles. The van der Waals surface area contributed by atoms with Gasteiger partial charge in [-0.3, -0.25) is 5.01 Å². The van der Waals surface area contributed by atoms with Gasteiger partial charge in [-0.15, -0.1) is 0 Å². The van der Waals surface area contributed by atoms with Gasteiger partial charge >= 0.3 is 0 Å². The summed E-state index contributed by atoms with van der Waals surface area (Å²) in [5, 5.41) is 25.9. The third-order valence-electron chi connectivity index (χ3n) is 3.68. The summed E-state index contributed by atoms with van der Waals surface area (Å²) in [6.07, 6.45) is 1.55. The normalized spacial score (nSPS) is 11.0. The highest BCUT2D eigenvalue weighted by Crippen LogP contribution is 2.27. The van der Waals surface area contributed by atoms with E-state index in [1.165, 1.54) is 0 Å². The van der Waals surface area contributed by atoms with Gasteiger partial charge in [-0.05, 0) is 37.3 Å². The number of aromatic hydroxyl groups is 2. The third kappa shape index (κ3) is 4.00. The molecular formula is C19H17BrN4O2. The van der Waals surface area contributed by atoms with Gasteiger partial charge < -0.3 is 10.2 Å². The predicted octanol–water partition coefficient (Wildman–Crippen LogP) is 4.10. The molecule has 6 nitrogen and oxygen atoms in total. The van der Waals surface area contributed by atoms with E-state index in [4.69, 9.17) is 0 Å². The van der Waals surface area contributed by atoms with Gasteiger partial charge in [0.2, 0.25) is 0 Å². The quantitative estimate of drug-likeness (QED) is 0.497. The molecule has 0 atom stereocenters. The van der Waals surface area contributed by atoms with Crippen molar-refractivity contribution in [3.63, 3.8) is 0 Å². The molecule has 0 unspecified atom stereocenters. The van der Waals surface area contributed by atoms with Crippen LogP contribution < -0.4 is 5.01 Å². The lowest BCUT2D eigenvalue weighted by Crippen LogP contribution is -2.12. The molecule has 1 aromatic heterocycles. The molecule has 2 N–H and O–H groups in total. The second-order valence-electron chi connectivity index (χ2n) is 5.68. The maximum atomic E-state index is 10.0. The van der Waals surface area contributed by atoms with Crippen LogP contribution in [0.1, 0.15) is 11.3 Å². The number of para-hydroxylation sites is 1. The van der Waals surface area contributed by atoms with Crippen molar-refractivity contribution in [2.24, 2.45) is 5.10 Å². The Morgan fingerprint density at radius 2 is 1.81 bits per heavy atom. The number of hydrogen-bond acceptors (Lipinski definition) is 6. The second-order valence-corrected chi connectivity index (χ2v) is 6.60. The topological polar surface area (TPSA) is 81.8 Å². The molecule has 0 saturated carbocycles. The van der Waals surface area contributed by atoms with Gasteiger partial charge in [0.15, 0.2) is 11.6 Å². The van der Waals surface area contributed by atoms with Crippen molar-refractivity contribution in [3.05, 3.63) is 64.3 Å². The number of hydrazone groups is 1. The molecule has 26 heavy (non-hydrogen) atoms. The SMILES string of the molecule is Cc1cc(N(C)/N=C/c2cc(Br)ccc2O)nc(-c2ccccc2O)n1. The number of benzene rings is 2. The number of rotatable bonds is 4. The van der Waals surface area contributed by atoms with Crippen molar-refractivity contribution in [1.82, 2.24) is 9.97 Å². The molecule has 0 radical (unpaired) electrons. The summed E-state index contributed by atoms with van der Waals surface area (Å²) < 4.78 is 0.846. The molecule has 2 aromatic carbocycles. The predicted molar refractivity (Wildman–Crippen MR) is 106 cm³/mol. The number of phenolic OH excluding ortho intramolecular Hbond substituents is 2. The van der Waals surface area contributed by atoms with Crippen molar-refractivity contribution in [2.75, 3.05) is 12.1 Å². The highest BCUT2D eigenvalue weighted by Gasteiger charge is 2.11. The first-order chi connectivity index (χ1) is 12.4. The summed E-state index contributed by atoms with van der Waals surface area (Å²) in [4.78, 5) is 8.88. The van der Waals surface area contributed by atoms with E-state index in [-0.39, 0.29) is 11.5 Å². The van der Waals surface area contributed by atoms with E-state index in [2.05, 4.69) is 31.0 Å². The van der Waals surface area contributed by atoms with Crippen LogP contribution in [0.5, 0.6) is 11.5 Å². The number of aromatic nitrogens is 2. The monoisotopic (exact) mass is 412 g/mol. The molecule has 0 bridgehead atoms. The average Bonchev–Trinajstić information content (AvgIpc) is 2.62. The van der Waals surface area contributed by atoms with E-state index in [9.17, 15) is 10.2 Å². The fourth-order valence-corrected chi connectivity index (χ4v) is 2.72. The maximum absolute atomic E-state index is 10.0. The summed E-state index contributed by atoms with van der Waals surface area (Å²) in [6, 6.07) is 13.8. The molecule has 0 spiro atoms. The van der Waals surface area contributed by atoms with Gasteiger partial charge in [-0.2, -0.15) is 5.10 Å². The first-order valence-electron chi connectivity index (χ1n) is 7.84.